The van der Waals surface area contributed by atoms with Gasteiger partial charge in [-0.2, -0.15) is 0 Å². The van der Waals surface area contributed by atoms with Gasteiger partial charge in [-0.15, -0.1) is 0 Å². The van der Waals surface area contributed by atoms with Crippen molar-refractivity contribution in [3.63, 3.8) is 0 Å². The van der Waals surface area contributed by atoms with E-state index in [2.05, 4.69) is 4.98 Å². The van der Waals surface area contributed by atoms with Gasteiger partial charge in [0.15, 0.2) is 0 Å². The molecule has 15 heavy (non-hydrogen) atoms. The minimum atomic E-state index is -0.343. The monoisotopic (exact) mass is 223 g/mol. The van der Waals surface area contributed by atoms with E-state index in [-0.39, 0.29) is 5.97 Å². The summed E-state index contributed by atoms with van der Waals surface area (Å²) < 4.78 is 5.07. The van der Waals surface area contributed by atoms with Crippen LogP contribution in [0.1, 0.15) is 12.5 Å². The maximum Gasteiger partial charge on any atom is 0.308 e. The second-order valence-corrected chi connectivity index (χ2v) is 3.75. The molecule has 0 atom stereocenters. The first-order valence-corrected chi connectivity index (χ1v) is 4.92. The number of fused-ring (bicyclic) bond motifs is 1. The number of carbonyl (C=O) groups excluding carboxylic acids is 1. The van der Waals surface area contributed by atoms with Crippen molar-refractivity contribution in [1.82, 2.24) is 4.98 Å². The number of rotatable bonds is 1. The largest absolute Gasteiger partial charge is 0.426 e. The molecule has 2 rings (SSSR count). The average Bonchev–Trinajstić information content (AvgIpc) is 2.61. The molecule has 3 nitrogen and oxygen atoms in total. The molecule has 0 unspecified atom stereocenters. The molecule has 0 aliphatic heterocycles. The first kappa shape index (κ1) is 10.1. The van der Waals surface area contributed by atoms with Gasteiger partial charge in [-0.25, -0.2) is 0 Å². The van der Waals surface area contributed by atoms with Gasteiger partial charge in [-0.3, -0.25) is 4.79 Å². The van der Waals surface area contributed by atoms with Crippen LogP contribution in [0.2, 0.25) is 5.02 Å². The molecule has 1 aromatic heterocycles. The summed E-state index contributed by atoms with van der Waals surface area (Å²) in [6, 6.07) is 3.56. The van der Waals surface area contributed by atoms with Crippen LogP contribution in [0, 0.1) is 6.92 Å². The van der Waals surface area contributed by atoms with E-state index in [0.29, 0.717) is 10.8 Å². The number of carbonyl (C=O) groups is 1. The molecule has 0 aliphatic carbocycles. The molecule has 4 heteroatoms. The van der Waals surface area contributed by atoms with Crippen LogP contribution in [0.15, 0.2) is 18.3 Å². The van der Waals surface area contributed by atoms with E-state index < -0.39 is 0 Å². The van der Waals surface area contributed by atoms with Gasteiger partial charge in [0, 0.05) is 30.1 Å². The van der Waals surface area contributed by atoms with E-state index in [1.165, 1.54) is 6.92 Å². The zero-order valence-electron chi connectivity index (χ0n) is 8.43. The summed E-state index contributed by atoms with van der Waals surface area (Å²) in [5, 5.41) is 1.52. The number of aromatic amines is 1. The number of H-pyrrole nitrogens is 1. The highest BCUT2D eigenvalue weighted by Gasteiger charge is 2.10. The number of ether oxygens (including phenoxy) is 1. The molecule has 1 heterocycles. The Hall–Kier alpha value is -1.48. The predicted molar refractivity (Wildman–Crippen MR) is 59.4 cm³/mol. The molecule has 0 spiro atoms. The van der Waals surface area contributed by atoms with E-state index in [1.54, 1.807) is 12.3 Å². The number of hydrogen-bond donors (Lipinski definition) is 1. The van der Waals surface area contributed by atoms with E-state index >= 15 is 0 Å². The highest BCUT2D eigenvalue weighted by molar-refractivity contribution is 6.35. The Balaban J connectivity index is 2.65. The lowest BCUT2D eigenvalue weighted by atomic mass is 10.1. The molecule has 2 aromatic rings. The maximum absolute atomic E-state index is 10.9. The standard InChI is InChI=1S/C11H10ClNO2/c1-6-8-3-4-13-11(8)9(12)5-10(6)15-7(2)14/h3-5,13H,1-2H3. The average molecular weight is 224 g/mol. The van der Waals surface area contributed by atoms with Gasteiger partial charge in [0.05, 0.1) is 10.5 Å². The third-order valence-corrected chi connectivity index (χ3v) is 2.57. The van der Waals surface area contributed by atoms with Crippen molar-refractivity contribution >= 4 is 28.5 Å². The molecular formula is C11H10ClNO2. The van der Waals surface area contributed by atoms with Crippen LogP contribution in [0.4, 0.5) is 0 Å². The van der Waals surface area contributed by atoms with Crippen LogP contribution in [0.3, 0.4) is 0 Å². The Morgan fingerprint density at radius 2 is 2.27 bits per heavy atom. The maximum atomic E-state index is 10.9. The van der Waals surface area contributed by atoms with Gasteiger partial charge in [0.1, 0.15) is 5.75 Å². The molecule has 0 saturated heterocycles. The third-order valence-electron chi connectivity index (χ3n) is 2.27. The fourth-order valence-corrected chi connectivity index (χ4v) is 1.82. The molecule has 0 aliphatic rings. The quantitative estimate of drug-likeness (QED) is 0.596. The first-order valence-electron chi connectivity index (χ1n) is 4.54. The van der Waals surface area contributed by atoms with Crippen molar-refractivity contribution in [1.29, 1.82) is 0 Å². The van der Waals surface area contributed by atoms with Crippen molar-refractivity contribution in [3.05, 3.63) is 28.9 Å². The molecule has 0 radical (unpaired) electrons. The SMILES string of the molecule is CC(=O)Oc1cc(Cl)c2[nH]ccc2c1C. The molecule has 78 valence electrons. The number of esters is 1. The molecule has 0 saturated carbocycles. The Morgan fingerprint density at radius 1 is 1.53 bits per heavy atom. The summed E-state index contributed by atoms with van der Waals surface area (Å²) in [5.41, 5.74) is 1.77. The lowest BCUT2D eigenvalue weighted by Crippen LogP contribution is -2.02. The lowest BCUT2D eigenvalue weighted by Gasteiger charge is -2.07. The zero-order chi connectivity index (χ0) is 11.0. The minimum absolute atomic E-state index is 0.343. The summed E-state index contributed by atoms with van der Waals surface area (Å²) in [6.45, 7) is 3.26. The van der Waals surface area contributed by atoms with Crippen molar-refractivity contribution in [2.24, 2.45) is 0 Å². The highest BCUT2D eigenvalue weighted by Crippen LogP contribution is 2.32. The Labute approximate surface area is 92.0 Å². The number of benzene rings is 1. The highest BCUT2D eigenvalue weighted by atomic mass is 35.5. The van der Waals surface area contributed by atoms with Crippen molar-refractivity contribution in [2.45, 2.75) is 13.8 Å². The van der Waals surface area contributed by atoms with Crippen molar-refractivity contribution in [3.8, 4) is 5.75 Å². The molecular weight excluding hydrogens is 214 g/mol. The van der Waals surface area contributed by atoms with Crippen molar-refractivity contribution < 1.29 is 9.53 Å². The van der Waals surface area contributed by atoms with E-state index in [1.807, 2.05) is 13.0 Å². The summed E-state index contributed by atoms with van der Waals surface area (Å²) in [5.74, 6) is 0.170. The van der Waals surface area contributed by atoms with Gasteiger partial charge < -0.3 is 9.72 Å². The molecule has 0 bridgehead atoms. The number of hydrogen-bond acceptors (Lipinski definition) is 2. The third kappa shape index (κ3) is 1.70. The number of nitrogens with one attached hydrogen (secondary N) is 1. The van der Waals surface area contributed by atoms with Crippen LogP contribution >= 0.6 is 11.6 Å². The normalized spacial score (nSPS) is 10.6. The zero-order valence-corrected chi connectivity index (χ0v) is 9.18. The second kappa shape index (κ2) is 3.59. The smallest absolute Gasteiger partial charge is 0.308 e. The molecule has 0 fully saturated rings. The van der Waals surface area contributed by atoms with Crippen molar-refractivity contribution in [2.75, 3.05) is 0 Å². The minimum Gasteiger partial charge on any atom is -0.426 e. The summed E-state index contributed by atoms with van der Waals surface area (Å²) >= 11 is 6.04. The topological polar surface area (TPSA) is 42.1 Å². The van der Waals surface area contributed by atoms with Gasteiger partial charge in [-0.1, -0.05) is 11.6 Å². The van der Waals surface area contributed by atoms with Crippen LogP contribution in [0.25, 0.3) is 10.9 Å². The fraction of sp³-hybridized carbons (Fsp3) is 0.182. The number of aromatic nitrogens is 1. The van der Waals surface area contributed by atoms with Gasteiger partial charge in [0.25, 0.3) is 0 Å². The molecule has 1 N–H and O–H groups in total. The fourth-order valence-electron chi connectivity index (χ4n) is 1.57. The van der Waals surface area contributed by atoms with Crippen LogP contribution < -0.4 is 4.74 Å². The van der Waals surface area contributed by atoms with Gasteiger partial charge in [-0.05, 0) is 13.0 Å². The number of aryl methyl sites for hydroxylation is 1. The van der Waals surface area contributed by atoms with Crippen LogP contribution in [-0.2, 0) is 4.79 Å². The Morgan fingerprint density at radius 3 is 2.93 bits per heavy atom. The van der Waals surface area contributed by atoms with E-state index in [0.717, 1.165) is 16.5 Å². The van der Waals surface area contributed by atoms with Gasteiger partial charge >= 0.3 is 5.97 Å². The predicted octanol–water partition coefficient (Wildman–Crippen LogP) is 3.06. The molecule has 0 amide bonds. The Bertz CT molecular complexity index is 531. The Kier molecular flexibility index (Phi) is 2.40. The van der Waals surface area contributed by atoms with E-state index in [4.69, 9.17) is 16.3 Å². The van der Waals surface area contributed by atoms with Crippen LogP contribution in [0.5, 0.6) is 5.75 Å². The lowest BCUT2D eigenvalue weighted by molar-refractivity contribution is -0.131. The molecule has 1 aromatic carbocycles. The van der Waals surface area contributed by atoms with E-state index in [9.17, 15) is 4.79 Å². The second-order valence-electron chi connectivity index (χ2n) is 3.34. The first-order chi connectivity index (χ1) is 7.09. The summed E-state index contributed by atoms with van der Waals surface area (Å²) in [7, 11) is 0. The van der Waals surface area contributed by atoms with Crippen LogP contribution in [-0.4, -0.2) is 11.0 Å². The summed E-state index contributed by atoms with van der Waals surface area (Å²) in [4.78, 5) is 13.9. The number of halogens is 1. The van der Waals surface area contributed by atoms with Gasteiger partial charge in [0.2, 0.25) is 0 Å². The summed E-state index contributed by atoms with van der Waals surface area (Å²) in [6.07, 6.45) is 1.81.